The third-order valence-electron chi connectivity index (χ3n) is 9.09. The van der Waals surface area contributed by atoms with Gasteiger partial charge in [-0.1, -0.05) is 13.8 Å². The number of H-pyrrole nitrogens is 1. The van der Waals surface area contributed by atoms with E-state index >= 15 is 0 Å². The van der Waals surface area contributed by atoms with Crippen LogP contribution in [0.15, 0.2) is 44.1 Å². The van der Waals surface area contributed by atoms with Crippen LogP contribution in [0, 0.1) is 6.92 Å². The van der Waals surface area contributed by atoms with Crippen LogP contribution in [0.3, 0.4) is 0 Å². The summed E-state index contributed by atoms with van der Waals surface area (Å²) in [6.45, 7) is 11.7. The topological polar surface area (TPSA) is 161 Å². The largest absolute Gasteiger partial charge is 0.481 e. The van der Waals surface area contributed by atoms with E-state index in [-0.39, 0.29) is 49.1 Å². The molecule has 1 aromatic heterocycles. The van der Waals surface area contributed by atoms with Gasteiger partial charge in [-0.15, -0.1) is 12.4 Å². The van der Waals surface area contributed by atoms with Gasteiger partial charge in [0, 0.05) is 53.9 Å². The zero-order chi connectivity index (χ0) is 31.6. The van der Waals surface area contributed by atoms with Gasteiger partial charge in [-0.25, -0.2) is 0 Å². The number of aromatic amines is 1. The fourth-order valence-electron chi connectivity index (χ4n) is 6.49. The molecular weight excluding hydrogens is 584 g/mol. The van der Waals surface area contributed by atoms with Crippen molar-refractivity contribution >= 4 is 47.9 Å². The highest BCUT2D eigenvalue weighted by atomic mass is 35.5. The highest BCUT2D eigenvalue weighted by Gasteiger charge is 2.32. The van der Waals surface area contributed by atoms with Gasteiger partial charge in [0.05, 0.1) is 17.8 Å². The lowest BCUT2D eigenvalue weighted by Gasteiger charge is -2.14. The molecule has 4 rings (SSSR count). The first-order chi connectivity index (χ1) is 20.4. The van der Waals surface area contributed by atoms with Crippen molar-refractivity contribution in [1.82, 2.24) is 15.6 Å². The van der Waals surface area contributed by atoms with Gasteiger partial charge >= 0.3 is 11.9 Å². The molecule has 0 aliphatic carbocycles. The lowest BCUT2D eigenvalue weighted by molar-refractivity contribution is -0.138. The average molecular weight is 627 g/mol. The van der Waals surface area contributed by atoms with Crippen molar-refractivity contribution in [2.75, 3.05) is 0 Å². The van der Waals surface area contributed by atoms with Gasteiger partial charge in [0.25, 0.3) is 0 Å². The van der Waals surface area contributed by atoms with Crippen LogP contribution >= 0.6 is 12.4 Å². The van der Waals surface area contributed by atoms with Crippen LogP contribution < -0.4 is 10.6 Å². The number of hydrogen-bond acceptors (Lipinski definition) is 5. The molecule has 238 valence electrons. The fraction of sp³-hybridized carbons (Fsp3) is 0.485. The zero-order valence-electron chi connectivity index (χ0n) is 26.3. The minimum atomic E-state index is -0.906. The van der Waals surface area contributed by atoms with Gasteiger partial charge in [0.2, 0.25) is 11.8 Å². The lowest BCUT2D eigenvalue weighted by Crippen LogP contribution is -2.31. The summed E-state index contributed by atoms with van der Waals surface area (Å²) in [5.41, 5.74) is 10.2. The Balaban J connectivity index is 0.00000529. The first-order valence-corrected chi connectivity index (χ1v) is 15.0. The van der Waals surface area contributed by atoms with Crippen LogP contribution in [0.25, 0.3) is 6.08 Å². The summed E-state index contributed by atoms with van der Waals surface area (Å²) in [4.78, 5) is 56.3. The molecule has 2 atom stereocenters. The summed E-state index contributed by atoms with van der Waals surface area (Å²) < 4.78 is 0. The normalized spacial score (nSPS) is 20.9. The van der Waals surface area contributed by atoms with Crippen molar-refractivity contribution in [2.24, 2.45) is 4.99 Å². The van der Waals surface area contributed by atoms with Crippen molar-refractivity contribution in [1.29, 1.82) is 0 Å². The van der Waals surface area contributed by atoms with Gasteiger partial charge in [-0.3, -0.25) is 24.2 Å². The van der Waals surface area contributed by atoms with E-state index in [1.807, 2.05) is 47.6 Å². The number of carboxylic acid groups (broad SMARTS) is 2. The number of carboxylic acids is 2. The number of carbonyl (C=O) groups excluding carboxylic acids is 2. The second kappa shape index (κ2) is 14.2. The minimum absolute atomic E-state index is 0. The number of carbonyl (C=O) groups is 4. The number of allylic oxidation sites excluding steroid dienone is 2. The molecule has 4 heterocycles. The molecule has 3 aliphatic rings. The summed E-state index contributed by atoms with van der Waals surface area (Å²) in [5.74, 6) is -1.93. The standard InChI is InChI=1S/C33H42N4O6.ClH/c1-7-20-19(6)32(42)37-27(20)14-25-18(5)23(10-12-31(40)41)29(35-25)15-28-22(9-11-30(38)39)17(4)24(34-28)13-26-16(3)21(8-2)33(43)36-26;/h15,26-27,35H,7-14H2,1-6H3,(H,36,43)(H,37,42)(H,38,39)(H,40,41);1H/b28-15+;. The number of aliphatic imine (C=N–C) groups is 1. The van der Waals surface area contributed by atoms with E-state index in [9.17, 15) is 29.4 Å². The molecule has 1 aromatic rings. The zero-order valence-corrected chi connectivity index (χ0v) is 27.1. The van der Waals surface area contributed by atoms with Crippen molar-refractivity contribution in [3.63, 3.8) is 0 Å². The van der Waals surface area contributed by atoms with Gasteiger partial charge < -0.3 is 25.8 Å². The number of rotatable bonds is 13. The maximum atomic E-state index is 12.4. The molecule has 2 unspecified atom stereocenters. The van der Waals surface area contributed by atoms with E-state index in [0.29, 0.717) is 37.8 Å². The Labute approximate surface area is 264 Å². The predicted molar refractivity (Wildman–Crippen MR) is 172 cm³/mol. The fourth-order valence-corrected chi connectivity index (χ4v) is 6.49. The number of halogens is 1. The minimum Gasteiger partial charge on any atom is -0.481 e. The molecule has 44 heavy (non-hydrogen) atoms. The maximum Gasteiger partial charge on any atom is 0.303 e. The quantitative estimate of drug-likeness (QED) is 0.204. The average Bonchev–Trinajstić information content (AvgIpc) is 3.59. The molecule has 0 saturated carbocycles. The van der Waals surface area contributed by atoms with Gasteiger partial charge in [-0.05, 0) is 92.9 Å². The Morgan fingerprint density at radius 1 is 0.841 bits per heavy atom. The Bertz CT molecular complexity index is 1540. The number of nitrogens with zero attached hydrogens (tertiary/aromatic N) is 1. The molecule has 0 fully saturated rings. The van der Waals surface area contributed by atoms with Crippen LogP contribution in [0.2, 0.25) is 0 Å². The SMILES string of the molecule is CCC1=C(C)C(CC2=N/C(=C/c3[nH]c(CC4NC(=O)C(C)=C4CC)c(C)c3CCC(=O)O)C(CCC(=O)O)=C2C)NC1=O.Cl. The molecule has 0 saturated heterocycles. The number of aromatic nitrogens is 1. The summed E-state index contributed by atoms with van der Waals surface area (Å²) in [5, 5.41) is 25.0. The Kier molecular flexibility index (Phi) is 11.2. The smallest absolute Gasteiger partial charge is 0.303 e. The lowest BCUT2D eigenvalue weighted by atomic mass is 9.95. The molecule has 2 amide bonds. The number of hydrogen-bond donors (Lipinski definition) is 5. The molecule has 5 N–H and O–H groups in total. The third kappa shape index (κ3) is 7.07. The first kappa shape index (κ1) is 34.6. The van der Waals surface area contributed by atoms with E-state index in [2.05, 4.69) is 15.6 Å². The second-order valence-electron chi connectivity index (χ2n) is 11.6. The van der Waals surface area contributed by atoms with E-state index < -0.39 is 11.9 Å². The Morgan fingerprint density at radius 2 is 1.48 bits per heavy atom. The summed E-state index contributed by atoms with van der Waals surface area (Å²) in [6.07, 6.45) is 4.84. The van der Waals surface area contributed by atoms with E-state index in [1.54, 1.807) is 0 Å². The molecule has 0 spiro atoms. The number of nitrogens with one attached hydrogen (secondary N) is 3. The van der Waals surface area contributed by atoms with Crippen molar-refractivity contribution in [2.45, 2.75) is 105 Å². The molecule has 10 nitrogen and oxygen atoms in total. The highest BCUT2D eigenvalue weighted by molar-refractivity contribution is 6.07. The molecule has 0 aromatic carbocycles. The van der Waals surface area contributed by atoms with Crippen LogP contribution in [0.4, 0.5) is 0 Å². The van der Waals surface area contributed by atoms with Gasteiger partial charge in [0.15, 0.2) is 0 Å². The molecule has 0 radical (unpaired) electrons. The van der Waals surface area contributed by atoms with Gasteiger partial charge in [-0.2, -0.15) is 0 Å². The maximum absolute atomic E-state index is 12.4. The Morgan fingerprint density at radius 3 is 2.07 bits per heavy atom. The number of amides is 2. The molecule has 11 heteroatoms. The molecule has 3 aliphatic heterocycles. The monoisotopic (exact) mass is 626 g/mol. The summed E-state index contributed by atoms with van der Waals surface area (Å²) in [7, 11) is 0. The van der Waals surface area contributed by atoms with Crippen molar-refractivity contribution < 1.29 is 29.4 Å². The van der Waals surface area contributed by atoms with Crippen LogP contribution in [-0.4, -0.2) is 56.7 Å². The third-order valence-corrected chi connectivity index (χ3v) is 9.09. The highest BCUT2D eigenvalue weighted by Crippen LogP contribution is 2.35. The summed E-state index contributed by atoms with van der Waals surface area (Å²) in [6, 6.07) is -0.314. The van der Waals surface area contributed by atoms with Gasteiger partial charge in [0.1, 0.15) is 0 Å². The van der Waals surface area contributed by atoms with E-state index in [0.717, 1.165) is 68.1 Å². The van der Waals surface area contributed by atoms with E-state index in [1.165, 1.54) is 0 Å². The Hall–Kier alpha value is -3.92. The molecular formula is C33H43ClN4O6. The second-order valence-corrected chi connectivity index (χ2v) is 11.6. The van der Waals surface area contributed by atoms with Crippen LogP contribution in [0.5, 0.6) is 0 Å². The summed E-state index contributed by atoms with van der Waals surface area (Å²) >= 11 is 0. The molecule has 0 bridgehead atoms. The predicted octanol–water partition coefficient (Wildman–Crippen LogP) is 5.12. The van der Waals surface area contributed by atoms with Crippen LogP contribution in [0.1, 0.15) is 95.7 Å². The van der Waals surface area contributed by atoms with Crippen molar-refractivity contribution in [3.8, 4) is 0 Å². The number of aliphatic carboxylic acids is 2. The van der Waals surface area contributed by atoms with Crippen molar-refractivity contribution in [3.05, 3.63) is 61.7 Å². The first-order valence-electron chi connectivity index (χ1n) is 15.0. The van der Waals surface area contributed by atoms with E-state index in [4.69, 9.17) is 4.99 Å². The van der Waals surface area contributed by atoms with Crippen LogP contribution in [-0.2, 0) is 32.0 Å².